The van der Waals surface area contributed by atoms with Gasteiger partial charge in [-0.15, -0.1) is 0 Å². The fourth-order valence-electron chi connectivity index (χ4n) is 9.61. The maximum atomic E-state index is 13.4. The second-order valence-corrected chi connectivity index (χ2v) is 22.1. The predicted molar refractivity (Wildman–Crippen MR) is 333 cm³/mol. The van der Waals surface area contributed by atoms with Crippen LogP contribution in [-0.4, -0.2) is 99.6 Å². The average Bonchev–Trinajstić information content (AvgIpc) is 3.48. The minimum absolute atomic E-state index is 0.00534. The third kappa shape index (κ3) is 43.3. The smallest absolute Gasteiger partial charge is 0.306 e. The largest absolute Gasteiger partial charge is 0.454 e. The number of amides is 1. The molecular weight excluding hydrogens is 1000 g/mol. The maximum Gasteiger partial charge on any atom is 0.306 e. The number of carbonyl (C=O) groups excluding carboxylic acids is 2. The Labute approximate surface area is 488 Å². The molecule has 6 N–H and O–H groups in total. The number of esters is 1. The molecule has 80 heavy (non-hydrogen) atoms. The van der Waals surface area contributed by atoms with E-state index in [1.807, 2.05) is 18.2 Å². The highest BCUT2D eigenvalue weighted by atomic mass is 16.7. The Morgan fingerprint density at radius 1 is 0.500 bits per heavy atom. The molecule has 0 aromatic heterocycles. The number of hydrogen-bond acceptors (Lipinski definition) is 10. The second-order valence-electron chi connectivity index (χ2n) is 22.1. The van der Waals surface area contributed by atoms with E-state index in [-0.39, 0.29) is 19.4 Å². The first-order valence-electron chi connectivity index (χ1n) is 32.5. The van der Waals surface area contributed by atoms with Crippen LogP contribution in [-0.2, 0) is 23.8 Å². The molecule has 1 saturated heterocycles. The van der Waals surface area contributed by atoms with Gasteiger partial charge in [-0.2, -0.15) is 0 Å². The van der Waals surface area contributed by atoms with Gasteiger partial charge in [0, 0.05) is 6.42 Å². The van der Waals surface area contributed by atoms with Gasteiger partial charge in [-0.25, -0.2) is 0 Å². The Morgan fingerprint density at radius 2 is 0.900 bits per heavy atom. The number of aliphatic hydroxyl groups excluding tert-OH is 5. The Balaban J connectivity index is 2.69. The molecule has 0 aliphatic carbocycles. The van der Waals surface area contributed by atoms with Gasteiger partial charge < -0.3 is 45.1 Å². The molecule has 0 saturated carbocycles. The van der Waals surface area contributed by atoms with Crippen molar-refractivity contribution in [2.45, 2.75) is 314 Å². The first-order chi connectivity index (χ1) is 39.2. The molecule has 1 rings (SSSR count). The summed E-state index contributed by atoms with van der Waals surface area (Å²) in [5.74, 6) is -1.29. The van der Waals surface area contributed by atoms with E-state index < -0.39 is 67.4 Å². The molecule has 11 nitrogen and oxygen atoms in total. The molecule has 1 aliphatic rings. The Hall–Kier alpha value is -3.42. The van der Waals surface area contributed by atoms with Crippen LogP contribution in [0.5, 0.6) is 0 Å². The van der Waals surface area contributed by atoms with Crippen molar-refractivity contribution in [3.05, 3.63) is 97.2 Å². The van der Waals surface area contributed by atoms with Crippen molar-refractivity contribution in [3.8, 4) is 0 Å². The SMILES string of the molecule is CC/C=C\C/C=C\C/C=C\C/C=C\C/C=C\C/C=C\CCC(=O)OC1C(OCC(NC(=O)C(O)CCCCCCCCCCCC/C=C/CCCCCCCC)C(O)/C=C/CCCCCCCCCCCC)OC(CO)C(O)C1O. The van der Waals surface area contributed by atoms with Crippen molar-refractivity contribution >= 4 is 11.9 Å². The number of unbranched alkanes of at least 4 members (excludes halogenated alkanes) is 26. The van der Waals surface area contributed by atoms with E-state index in [0.717, 1.165) is 77.0 Å². The number of hydrogen-bond donors (Lipinski definition) is 6. The van der Waals surface area contributed by atoms with Crippen molar-refractivity contribution in [1.82, 2.24) is 5.32 Å². The lowest BCUT2D eigenvalue weighted by Gasteiger charge is -2.41. The molecule has 0 aromatic carbocycles. The van der Waals surface area contributed by atoms with Gasteiger partial charge >= 0.3 is 5.97 Å². The Bertz CT molecular complexity index is 1670. The van der Waals surface area contributed by atoms with Crippen LogP contribution in [0.1, 0.15) is 265 Å². The van der Waals surface area contributed by atoms with Gasteiger partial charge in [-0.3, -0.25) is 9.59 Å². The topological polar surface area (TPSA) is 175 Å². The van der Waals surface area contributed by atoms with Gasteiger partial charge in [0.05, 0.1) is 25.4 Å². The first-order valence-corrected chi connectivity index (χ1v) is 32.5. The molecule has 0 aromatic rings. The summed E-state index contributed by atoms with van der Waals surface area (Å²) >= 11 is 0. The van der Waals surface area contributed by atoms with Crippen molar-refractivity contribution in [1.29, 1.82) is 0 Å². The third-order valence-corrected chi connectivity index (χ3v) is 14.7. The first kappa shape index (κ1) is 74.6. The molecule has 1 heterocycles. The zero-order valence-electron chi connectivity index (χ0n) is 50.9. The Kier molecular flexibility index (Phi) is 52.3. The Morgan fingerprint density at radius 3 is 1.35 bits per heavy atom. The summed E-state index contributed by atoms with van der Waals surface area (Å²) in [7, 11) is 0. The molecule has 1 aliphatic heterocycles. The van der Waals surface area contributed by atoms with Crippen molar-refractivity contribution < 1.29 is 49.3 Å². The lowest BCUT2D eigenvalue weighted by atomic mass is 9.99. The molecular formula is C69H119NO10. The maximum absolute atomic E-state index is 13.4. The molecule has 1 fully saturated rings. The van der Waals surface area contributed by atoms with Crippen LogP contribution < -0.4 is 5.32 Å². The summed E-state index contributed by atoms with van der Waals surface area (Å²) in [6.45, 7) is 5.64. The molecule has 460 valence electrons. The number of allylic oxidation sites excluding steroid dienone is 15. The van der Waals surface area contributed by atoms with Crippen molar-refractivity contribution in [3.63, 3.8) is 0 Å². The molecule has 8 unspecified atom stereocenters. The van der Waals surface area contributed by atoms with E-state index in [4.69, 9.17) is 14.2 Å². The van der Waals surface area contributed by atoms with Crippen molar-refractivity contribution in [2.24, 2.45) is 0 Å². The molecule has 11 heteroatoms. The number of nitrogens with one attached hydrogen (secondary N) is 1. The van der Waals surface area contributed by atoms with Crippen LogP contribution in [0.15, 0.2) is 97.2 Å². The minimum Gasteiger partial charge on any atom is -0.454 e. The van der Waals surface area contributed by atoms with E-state index in [1.165, 1.54) is 135 Å². The van der Waals surface area contributed by atoms with Gasteiger partial charge in [0.15, 0.2) is 12.4 Å². The fraction of sp³-hybridized carbons (Fsp3) is 0.739. The second kappa shape index (κ2) is 56.1. The van der Waals surface area contributed by atoms with Gasteiger partial charge in [0.2, 0.25) is 5.91 Å². The zero-order valence-corrected chi connectivity index (χ0v) is 50.9. The summed E-state index contributed by atoms with van der Waals surface area (Å²) in [5.41, 5.74) is 0. The van der Waals surface area contributed by atoms with Crippen LogP contribution >= 0.6 is 0 Å². The quantitative estimate of drug-likeness (QED) is 0.0195. The van der Waals surface area contributed by atoms with Crippen LogP contribution in [0, 0.1) is 0 Å². The highest BCUT2D eigenvalue weighted by molar-refractivity contribution is 5.80. The van der Waals surface area contributed by atoms with Crippen LogP contribution in [0.25, 0.3) is 0 Å². The average molecular weight is 1120 g/mol. The van der Waals surface area contributed by atoms with Crippen LogP contribution in [0.3, 0.4) is 0 Å². The third-order valence-electron chi connectivity index (χ3n) is 14.7. The summed E-state index contributed by atoms with van der Waals surface area (Å²) in [5, 5.41) is 57.0. The molecule has 0 radical (unpaired) electrons. The summed E-state index contributed by atoms with van der Waals surface area (Å²) in [6, 6.07) is -1.04. The van der Waals surface area contributed by atoms with E-state index in [1.54, 1.807) is 6.08 Å². The number of rotatable bonds is 54. The highest BCUT2D eigenvalue weighted by Crippen LogP contribution is 2.26. The lowest BCUT2D eigenvalue weighted by Crippen LogP contribution is -2.61. The van der Waals surface area contributed by atoms with Gasteiger partial charge in [-0.1, -0.05) is 266 Å². The molecule has 1 amide bonds. The zero-order chi connectivity index (χ0) is 58.2. The summed E-state index contributed by atoms with van der Waals surface area (Å²) in [6.07, 6.45) is 64.6. The number of ether oxygens (including phenoxy) is 3. The van der Waals surface area contributed by atoms with E-state index in [9.17, 15) is 35.1 Å². The number of carbonyl (C=O) groups is 2. The normalized spacial score (nSPS) is 19.4. The number of aliphatic hydroxyl groups is 5. The fourth-order valence-corrected chi connectivity index (χ4v) is 9.61. The summed E-state index contributed by atoms with van der Waals surface area (Å²) in [4.78, 5) is 26.6. The molecule has 0 bridgehead atoms. The van der Waals surface area contributed by atoms with Gasteiger partial charge in [0.25, 0.3) is 0 Å². The summed E-state index contributed by atoms with van der Waals surface area (Å²) < 4.78 is 17.6. The molecule has 8 atom stereocenters. The van der Waals surface area contributed by atoms with Gasteiger partial charge in [-0.05, 0) is 89.9 Å². The molecule has 0 spiro atoms. The van der Waals surface area contributed by atoms with E-state index >= 15 is 0 Å². The van der Waals surface area contributed by atoms with E-state index in [2.05, 4.69) is 99.0 Å². The van der Waals surface area contributed by atoms with Crippen LogP contribution in [0.2, 0.25) is 0 Å². The lowest BCUT2D eigenvalue weighted by molar-refractivity contribution is -0.305. The van der Waals surface area contributed by atoms with Crippen molar-refractivity contribution in [2.75, 3.05) is 13.2 Å². The standard InChI is InChI=1S/C69H119NO10/c1-4-7-10-13-16-19-22-25-27-29-31-33-34-36-38-41-44-47-50-53-56-62(73)68(77)70-60(61(72)55-52-49-46-43-40-24-21-18-15-12-9-6-3)59-78-69-67(66(76)65(75)63(58-71)79-69)80-64(74)57-54-51-48-45-42-39-37-35-32-30-28-26-23-20-17-14-11-8-5-2/h8,11,17,20,25-28,32,35,39,42,48,51-52,55,60-63,65-67,69,71-73,75-76H,4-7,9-10,12-16,18-19,21-24,29-31,33-34,36-38,40-41,43-47,49-50,53-54,56-59H2,1-3H3,(H,70,77)/b11-8-,20-17-,27-25+,28-26-,35-32-,42-39-,51-48-,55-52+. The van der Waals surface area contributed by atoms with Crippen LogP contribution in [0.4, 0.5) is 0 Å². The van der Waals surface area contributed by atoms with Gasteiger partial charge in [0.1, 0.15) is 24.4 Å². The predicted octanol–water partition coefficient (Wildman–Crippen LogP) is 15.9. The monoisotopic (exact) mass is 1120 g/mol. The minimum atomic E-state index is -1.65. The van der Waals surface area contributed by atoms with E-state index in [0.29, 0.717) is 19.3 Å². The highest BCUT2D eigenvalue weighted by Gasteiger charge is 2.47.